The third-order valence-corrected chi connectivity index (χ3v) is 2.05. The van der Waals surface area contributed by atoms with Crippen molar-refractivity contribution in [2.24, 2.45) is 0 Å². The van der Waals surface area contributed by atoms with Crippen molar-refractivity contribution in [3.63, 3.8) is 0 Å². The molecule has 0 aliphatic carbocycles. The van der Waals surface area contributed by atoms with Crippen molar-refractivity contribution in [1.82, 2.24) is 10.5 Å². The molecule has 0 amide bonds. The zero-order valence-corrected chi connectivity index (χ0v) is 9.04. The maximum absolute atomic E-state index is 5.51. The summed E-state index contributed by atoms with van der Waals surface area (Å²) >= 11 is 0. The molecule has 0 aromatic carbocycles. The van der Waals surface area contributed by atoms with Gasteiger partial charge in [-0.1, -0.05) is 12.1 Å². The van der Waals surface area contributed by atoms with Crippen molar-refractivity contribution < 1.29 is 9.26 Å². The quantitative estimate of drug-likeness (QED) is 0.756. The van der Waals surface area contributed by atoms with Gasteiger partial charge in [-0.2, -0.15) is 0 Å². The summed E-state index contributed by atoms with van der Waals surface area (Å²) in [5.74, 6) is 0.788. The second-order valence-corrected chi connectivity index (χ2v) is 3.34. The van der Waals surface area contributed by atoms with Gasteiger partial charge in [0.2, 0.25) is 0 Å². The molecule has 1 rings (SSSR count). The molecule has 4 nitrogen and oxygen atoms in total. The molecule has 1 aromatic rings. The highest BCUT2D eigenvalue weighted by atomic mass is 16.5. The van der Waals surface area contributed by atoms with Crippen LogP contribution in [-0.2, 0) is 17.9 Å². The van der Waals surface area contributed by atoms with E-state index in [-0.39, 0.29) is 6.10 Å². The molecule has 1 aromatic heterocycles. The fourth-order valence-electron chi connectivity index (χ4n) is 1.03. The number of aromatic nitrogens is 1. The first kappa shape index (κ1) is 11.2. The van der Waals surface area contributed by atoms with E-state index in [1.165, 1.54) is 0 Å². The number of nitrogens with zero attached hydrogens (tertiary/aromatic N) is 1. The van der Waals surface area contributed by atoms with Crippen molar-refractivity contribution in [1.29, 1.82) is 0 Å². The number of ether oxygens (including phenoxy) is 1. The van der Waals surface area contributed by atoms with Gasteiger partial charge in [0.15, 0.2) is 5.76 Å². The Morgan fingerprint density at radius 1 is 1.64 bits per heavy atom. The summed E-state index contributed by atoms with van der Waals surface area (Å²) in [6.45, 7) is 5.38. The molecule has 0 spiro atoms. The van der Waals surface area contributed by atoms with E-state index in [0.29, 0.717) is 6.61 Å². The van der Waals surface area contributed by atoms with Crippen molar-refractivity contribution in [3.05, 3.63) is 17.5 Å². The van der Waals surface area contributed by atoms with Gasteiger partial charge in [0, 0.05) is 12.6 Å². The Kier molecular flexibility index (Phi) is 4.62. The van der Waals surface area contributed by atoms with Crippen LogP contribution in [0.5, 0.6) is 0 Å². The Bertz CT molecular complexity index is 260. The summed E-state index contributed by atoms with van der Waals surface area (Å²) in [5, 5.41) is 6.90. The molecule has 1 N–H and O–H groups in total. The van der Waals surface area contributed by atoms with Gasteiger partial charge < -0.3 is 14.6 Å². The van der Waals surface area contributed by atoms with E-state index < -0.39 is 0 Å². The predicted octanol–water partition coefficient (Wildman–Crippen LogP) is 1.71. The Morgan fingerprint density at radius 2 is 2.43 bits per heavy atom. The molecule has 0 radical (unpaired) electrons. The fourth-order valence-corrected chi connectivity index (χ4v) is 1.03. The first-order chi connectivity index (χ1) is 6.76. The van der Waals surface area contributed by atoms with Crippen LogP contribution in [0.25, 0.3) is 0 Å². The van der Waals surface area contributed by atoms with Crippen molar-refractivity contribution in [2.45, 2.75) is 39.5 Å². The largest absolute Gasteiger partial charge is 0.370 e. The van der Waals surface area contributed by atoms with Gasteiger partial charge in [-0.3, -0.25) is 0 Å². The summed E-state index contributed by atoms with van der Waals surface area (Å²) in [5.41, 5.74) is 0.912. The standard InChI is InChI=1S/C10H18N2O2/c1-4-8(2)13-7-10-5-9(6-11-3)12-14-10/h5,8,11H,4,6-7H2,1-3H3. The maximum atomic E-state index is 5.51. The van der Waals surface area contributed by atoms with E-state index in [9.17, 15) is 0 Å². The molecule has 1 heterocycles. The van der Waals surface area contributed by atoms with Crippen LogP contribution in [0, 0.1) is 0 Å². The zero-order chi connectivity index (χ0) is 10.4. The normalized spacial score (nSPS) is 13.1. The minimum absolute atomic E-state index is 0.271. The summed E-state index contributed by atoms with van der Waals surface area (Å²) in [7, 11) is 1.88. The van der Waals surface area contributed by atoms with Gasteiger partial charge in [0.05, 0.1) is 11.8 Å². The van der Waals surface area contributed by atoms with Crippen LogP contribution < -0.4 is 5.32 Å². The first-order valence-corrected chi connectivity index (χ1v) is 4.97. The molecule has 0 fully saturated rings. The van der Waals surface area contributed by atoms with E-state index in [2.05, 4.69) is 17.4 Å². The zero-order valence-electron chi connectivity index (χ0n) is 9.04. The third kappa shape index (κ3) is 3.47. The Morgan fingerprint density at radius 3 is 3.07 bits per heavy atom. The minimum atomic E-state index is 0.271. The lowest BCUT2D eigenvalue weighted by Crippen LogP contribution is -2.06. The monoisotopic (exact) mass is 198 g/mol. The minimum Gasteiger partial charge on any atom is -0.370 e. The lowest BCUT2D eigenvalue weighted by molar-refractivity contribution is 0.0377. The Labute approximate surface area is 84.6 Å². The smallest absolute Gasteiger partial charge is 0.162 e. The highest BCUT2D eigenvalue weighted by molar-refractivity contribution is 5.03. The van der Waals surface area contributed by atoms with Crippen LogP contribution in [0.1, 0.15) is 31.7 Å². The molecule has 14 heavy (non-hydrogen) atoms. The maximum Gasteiger partial charge on any atom is 0.162 e. The van der Waals surface area contributed by atoms with Crippen LogP contribution in [0.15, 0.2) is 10.6 Å². The highest BCUT2D eigenvalue weighted by Gasteiger charge is 2.05. The molecule has 1 atom stereocenters. The molecule has 4 heteroatoms. The van der Waals surface area contributed by atoms with E-state index in [0.717, 1.165) is 24.4 Å². The number of rotatable bonds is 6. The van der Waals surface area contributed by atoms with E-state index >= 15 is 0 Å². The van der Waals surface area contributed by atoms with Gasteiger partial charge in [-0.15, -0.1) is 0 Å². The number of hydrogen-bond acceptors (Lipinski definition) is 4. The molecule has 0 saturated heterocycles. The van der Waals surface area contributed by atoms with Crippen LogP contribution in [0.4, 0.5) is 0 Å². The molecule has 80 valence electrons. The van der Waals surface area contributed by atoms with Gasteiger partial charge in [-0.05, 0) is 20.4 Å². The predicted molar refractivity (Wildman–Crippen MR) is 53.8 cm³/mol. The lowest BCUT2D eigenvalue weighted by Gasteiger charge is -2.07. The van der Waals surface area contributed by atoms with Crippen molar-refractivity contribution in [2.75, 3.05) is 7.05 Å². The molecule has 1 unspecified atom stereocenters. The van der Waals surface area contributed by atoms with Gasteiger partial charge in [-0.25, -0.2) is 0 Å². The number of nitrogens with one attached hydrogen (secondary N) is 1. The van der Waals surface area contributed by atoms with Crippen molar-refractivity contribution in [3.8, 4) is 0 Å². The summed E-state index contributed by atoms with van der Waals surface area (Å²) in [4.78, 5) is 0. The highest BCUT2D eigenvalue weighted by Crippen LogP contribution is 2.07. The van der Waals surface area contributed by atoms with E-state index in [1.54, 1.807) is 0 Å². The second-order valence-electron chi connectivity index (χ2n) is 3.34. The van der Waals surface area contributed by atoms with Crippen LogP contribution >= 0.6 is 0 Å². The van der Waals surface area contributed by atoms with E-state index in [1.807, 2.05) is 20.0 Å². The molecule has 0 aliphatic heterocycles. The van der Waals surface area contributed by atoms with Gasteiger partial charge in [0.25, 0.3) is 0 Å². The summed E-state index contributed by atoms with van der Waals surface area (Å²) in [6, 6.07) is 1.92. The molecule has 0 saturated carbocycles. The average molecular weight is 198 g/mol. The SMILES string of the molecule is CCC(C)OCc1cc(CNC)no1. The summed E-state index contributed by atoms with van der Waals surface area (Å²) in [6.07, 6.45) is 1.28. The number of hydrogen-bond donors (Lipinski definition) is 1. The Hall–Kier alpha value is -0.870. The van der Waals surface area contributed by atoms with Crippen molar-refractivity contribution >= 4 is 0 Å². The summed E-state index contributed by atoms with van der Waals surface area (Å²) < 4.78 is 10.6. The van der Waals surface area contributed by atoms with Crippen LogP contribution in [0.2, 0.25) is 0 Å². The molecular formula is C10H18N2O2. The molecule has 0 aliphatic rings. The first-order valence-electron chi connectivity index (χ1n) is 4.97. The average Bonchev–Trinajstić information content (AvgIpc) is 2.63. The fraction of sp³-hybridized carbons (Fsp3) is 0.700. The van der Waals surface area contributed by atoms with E-state index in [4.69, 9.17) is 9.26 Å². The van der Waals surface area contributed by atoms with Gasteiger partial charge >= 0.3 is 0 Å². The Balaban J connectivity index is 2.35. The topological polar surface area (TPSA) is 47.3 Å². The van der Waals surface area contributed by atoms with Crippen LogP contribution in [0.3, 0.4) is 0 Å². The molecular weight excluding hydrogens is 180 g/mol. The van der Waals surface area contributed by atoms with Crippen LogP contribution in [-0.4, -0.2) is 18.3 Å². The molecule has 0 bridgehead atoms. The third-order valence-electron chi connectivity index (χ3n) is 2.05. The second kappa shape index (κ2) is 5.78. The van der Waals surface area contributed by atoms with Gasteiger partial charge in [0.1, 0.15) is 6.61 Å². The lowest BCUT2D eigenvalue weighted by atomic mass is 10.3.